The fourth-order valence-corrected chi connectivity index (χ4v) is 2.75. The van der Waals surface area contributed by atoms with E-state index in [4.69, 9.17) is 0 Å². The van der Waals surface area contributed by atoms with Crippen LogP contribution in [0, 0.1) is 6.92 Å². The Morgan fingerprint density at radius 1 is 1.33 bits per heavy atom. The fourth-order valence-electron chi connectivity index (χ4n) is 2.75. The number of nitrogens with zero attached hydrogens (tertiary/aromatic N) is 2. The zero-order valence-electron chi connectivity index (χ0n) is 12.9. The fraction of sp³-hybridized carbons (Fsp3) is 0.562. The van der Waals surface area contributed by atoms with E-state index in [-0.39, 0.29) is 0 Å². The van der Waals surface area contributed by atoms with Crippen LogP contribution >= 0.6 is 0 Å². The van der Waals surface area contributed by atoms with E-state index in [1.165, 1.54) is 11.3 Å². The van der Waals surface area contributed by atoms with Crippen LogP contribution in [0.25, 0.3) is 0 Å². The molecule has 1 aromatic carbocycles. The van der Waals surface area contributed by atoms with E-state index in [1.54, 1.807) is 0 Å². The SMILES string of the molecule is CCNC(CN1CCN(c2cccc(C)c2)CC1)C(=O)O. The highest BCUT2D eigenvalue weighted by Gasteiger charge is 2.23. The third-order valence-corrected chi connectivity index (χ3v) is 3.93. The van der Waals surface area contributed by atoms with Gasteiger partial charge < -0.3 is 15.3 Å². The van der Waals surface area contributed by atoms with E-state index >= 15 is 0 Å². The lowest BCUT2D eigenvalue weighted by molar-refractivity contribution is -0.140. The number of benzene rings is 1. The van der Waals surface area contributed by atoms with Crippen molar-refractivity contribution in [2.24, 2.45) is 0 Å². The van der Waals surface area contributed by atoms with Gasteiger partial charge in [-0.25, -0.2) is 0 Å². The lowest BCUT2D eigenvalue weighted by Crippen LogP contribution is -2.52. The zero-order valence-corrected chi connectivity index (χ0v) is 12.9. The molecule has 1 fully saturated rings. The van der Waals surface area contributed by atoms with Gasteiger partial charge in [-0.2, -0.15) is 0 Å². The molecule has 0 amide bonds. The molecule has 1 aliphatic heterocycles. The topological polar surface area (TPSA) is 55.8 Å². The summed E-state index contributed by atoms with van der Waals surface area (Å²) in [6.45, 7) is 9.00. The van der Waals surface area contributed by atoms with Crippen molar-refractivity contribution in [2.75, 3.05) is 44.2 Å². The molecule has 1 aliphatic rings. The van der Waals surface area contributed by atoms with Gasteiger partial charge in [0.25, 0.3) is 0 Å². The number of carbonyl (C=O) groups is 1. The first-order valence-corrected chi connectivity index (χ1v) is 7.60. The summed E-state index contributed by atoms with van der Waals surface area (Å²) in [5, 5.41) is 12.2. The minimum atomic E-state index is -0.766. The van der Waals surface area contributed by atoms with Gasteiger partial charge in [0.05, 0.1) is 0 Å². The summed E-state index contributed by atoms with van der Waals surface area (Å²) in [5.41, 5.74) is 2.53. The van der Waals surface area contributed by atoms with Gasteiger partial charge >= 0.3 is 5.97 Å². The number of nitrogens with one attached hydrogen (secondary N) is 1. The number of likely N-dealkylation sites (N-methyl/N-ethyl adjacent to an activating group) is 1. The molecule has 116 valence electrons. The highest BCUT2D eigenvalue weighted by molar-refractivity contribution is 5.73. The van der Waals surface area contributed by atoms with Crippen LogP contribution < -0.4 is 10.2 Å². The Bertz CT molecular complexity index is 470. The number of aryl methyl sites for hydroxylation is 1. The number of carboxylic acids is 1. The monoisotopic (exact) mass is 291 g/mol. The molecule has 21 heavy (non-hydrogen) atoms. The van der Waals surface area contributed by atoms with Gasteiger partial charge in [0.1, 0.15) is 6.04 Å². The summed E-state index contributed by atoms with van der Waals surface area (Å²) >= 11 is 0. The summed E-state index contributed by atoms with van der Waals surface area (Å²) in [7, 11) is 0. The molecule has 0 saturated carbocycles. The Morgan fingerprint density at radius 2 is 2.05 bits per heavy atom. The third-order valence-electron chi connectivity index (χ3n) is 3.93. The average molecular weight is 291 g/mol. The van der Waals surface area contributed by atoms with Gasteiger partial charge in [-0.15, -0.1) is 0 Å². The molecule has 5 heteroatoms. The molecular formula is C16H25N3O2. The van der Waals surface area contributed by atoms with E-state index in [0.29, 0.717) is 13.1 Å². The Labute approximate surface area is 126 Å². The number of carboxylic acid groups (broad SMARTS) is 1. The van der Waals surface area contributed by atoms with Gasteiger partial charge in [-0.05, 0) is 31.2 Å². The zero-order chi connectivity index (χ0) is 15.2. The second kappa shape index (κ2) is 7.43. The maximum Gasteiger partial charge on any atom is 0.322 e. The van der Waals surface area contributed by atoms with Crippen LogP contribution in [-0.4, -0.2) is 61.3 Å². The number of aliphatic carboxylic acids is 1. The first kappa shape index (κ1) is 15.8. The number of piperazine rings is 1. The van der Waals surface area contributed by atoms with Crippen molar-refractivity contribution < 1.29 is 9.90 Å². The summed E-state index contributed by atoms with van der Waals surface area (Å²) in [6.07, 6.45) is 0. The van der Waals surface area contributed by atoms with E-state index in [1.807, 2.05) is 6.92 Å². The van der Waals surface area contributed by atoms with Crippen LogP contribution in [0.15, 0.2) is 24.3 Å². The summed E-state index contributed by atoms with van der Waals surface area (Å²) in [6, 6.07) is 8.06. The maximum atomic E-state index is 11.2. The van der Waals surface area contributed by atoms with E-state index in [9.17, 15) is 9.90 Å². The molecule has 2 N–H and O–H groups in total. The normalized spacial score (nSPS) is 17.7. The van der Waals surface area contributed by atoms with Crippen molar-refractivity contribution in [3.8, 4) is 0 Å². The maximum absolute atomic E-state index is 11.2. The number of rotatable bonds is 6. The van der Waals surface area contributed by atoms with Crippen LogP contribution in [0.4, 0.5) is 5.69 Å². The van der Waals surface area contributed by atoms with E-state index in [2.05, 4.69) is 46.3 Å². The molecule has 1 heterocycles. The average Bonchev–Trinajstić information content (AvgIpc) is 2.47. The van der Waals surface area contributed by atoms with Crippen LogP contribution in [0.2, 0.25) is 0 Å². The molecule has 5 nitrogen and oxygen atoms in total. The van der Waals surface area contributed by atoms with E-state index < -0.39 is 12.0 Å². The van der Waals surface area contributed by atoms with Crippen molar-refractivity contribution in [2.45, 2.75) is 19.9 Å². The molecule has 0 aromatic heterocycles. The number of hydrogen-bond donors (Lipinski definition) is 2. The first-order chi connectivity index (χ1) is 10.1. The second-order valence-corrected chi connectivity index (χ2v) is 5.58. The predicted octanol–water partition coefficient (Wildman–Crippen LogP) is 1.18. The molecular weight excluding hydrogens is 266 g/mol. The van der Waals surface area contributed by atoms with Crippen molar-refractivity contribution in [1.29, 1.82) is 0 Å². The predicted molar refractivity (Wildman–Crippen MR) is 84.9 cm³/mol. The minimum Gasteiger partial charge on any atom is -0.480 e. The van der Waals surface area contributed by atoms with Crippen LogP contribution in [-0.2, 0) is 4.79 Å². The Hall–Kier alpha value is -1.59. The van der Waals surface area contributed by atoms with Crippen molar-refractivity contribution in [3.63, 3.8) is 0 Å². The summed E-state index contributed by atoms with van der Waals surface area (Å²) in [5.74, 6) is -0.766. The number of hydrogen-bond acceptors (Lipinski definition) is 4. The van der Waals surface area contributed by atoms with Gasteiger partial charge in [0, 0.05) is 38.4 Å². The molecule has 1 saturated heterocycles. The largest absolute Gasteiger partial charge is 0.480 e. The highest BCUT2D eigenvalue weighted by atomic mass is 16.4. The molecule has 0 bridgehead atoms. The van der Waals surface area contributed by atoms with Gasteiger partial charge in [0.2, 0.25) is 0 Å². The summed E-state index contributed by atoms with van der Waals surface area (Å²) < 4.78 is 0. The quantitative estimate of drug-likeness (QED) is 0.824. The van der Waals surface area contributed by atoms with E-state index in [0.717, 1.165) is 26.2 Å². The Morgan fingerprint density at radius 3 is 2.62 bits per heavy atom. The minimum absolute atomic E-state index is 0.472. The van der Waals surface area contributed by atoms with Gasteiger partial charge in [0.15, 0.2) is 0 Å². The standard InChI is InChI=1S/C16H25N3O2/c1-3-17-15(16(20)21)12-18-7-9-19(10-8-18)14-6-4-5-13(2)11-14/h4-6,11,15,17H,3,7-10,12H2,1-2H3,(H,20,21). The number of anilines is 1. The van der Waals surface area contributed by atoms with Crippen molar-refractivity contribution >= 4 is 11.7 Å². The van der Waals surface area contributed by atoms with Crippen LogP contribution in [0.3, 0.4) is 0 Å². The molecule has 0 aliphatic carbocycles. The molecule has 2 rings (SSSR count). The lowest BCUT2D eigenvalue weighted by atomic mass is 10.2. The molecule has 0 radical (unpaired) electrons. The highest BCUT2D eigenvalue weighted by Crippen LogP contribution is 2.17. The van der Waals surface area contributed by atoms with Gasteiger partial charge in [-0.1, -0.05) is 19.1 Å². The smallest absolute Gasteiger partial charge is 0.322 e. The lowest BCUT2D eigenvalue weighted by Gasteiger charge is -2.37. The Balaban J connectivity index is 1.86. The molecule has 1 aromatic rings. The first-order valence-electron chi connectivity index (χ1n) is 7.60. The molecule has 1 atom stereocenters. The third kappa shape index (κ3) is 4.44. The molecule has 0 spiro atoms. The van der Waals surface area contributed by atoms with Crippen LogP contribution in [0.1, 0.15) is 12.5 Å². The van der Waals surface area contributed by atoms with Crippen LogP contribution in [0.5, 0.6) is 0 Å². The Kier molecular flexibility index (Phi) is 5.59. The molecule has 1 unspecified atom stereocenters. The second-order valence-electron chi connectivity index (χ2n) is 5.58. The summed E-state index contributed by atoms with van der Waals surface area (Å²) in [4.78, 5) is 15.8. The van der Waals surface area contributed by atoms with Crippen molar-refractivity contribution in [1.82, 2.24) is 10.2 Å². The van der Waals surface area contributed by atoms with Gasteiger partial charge in [-0.3, -0.25) is 9.69 Å². The van der Waals surface area contributed by atoms with Crippen molar-refractivity contribution in [3.05, 3.63) is 29.8 Å².